The van der Waals surface area contributed by atoms with Gasteiger partial charge >= 0.3 is 0 Å². The summed E-state index contributed by atoms with van der Waals surface area (Å²) in [6, 6.07) is 0. The highest BCUT2D eigenvalue weighted by Crippen LogP contribution is 2.17. The molecule has 1 aliphatic heterocycles. The molecule has 1 N–H and O–H groups in total. The summed E-state index contributed by atoms with van der Waals surface area (Å²) in [5.74, 6) is 1.31. The van der Waals surface area contributed by atoms with Crippen molar-refractivity contribution in [2.45, 2.75) is 38.9 Å². The van der Waals surface area contributed by atoms with Gasteiger partial charge in [-0.1, -0.05) is 27.2 Å². The van der Waals surface area contributed by atoms with Crippen molar-refractivity contribution in [1.29, 1.82) is 0 Å². The summed E-state index contributed by atoms with van der Waals surface area (Å²) in [6.07, 6.45) is 2.72. The number of thioether (sulfide) groups is 1. The Kier molecular flexibility index (Phi) is 8.64. The molecule has 1 heterocycles. The fraction of sp³-hybridized carbons (Fsp3) is 1.00. The molecule has 0 aliphatic carbocycles. The molecule has 1 atom stereocenters. The van der Waals surface area contributed by atoms with Crippen molar-refractivity contribution >= 4 is 11.8 Å². The lowest BCUT2D eigenvalue weighted by atomic mass is 10.2. The highest BCUT2D eigenvalue weighted by atomic mass is 32.2. The van der Waals surface area contributed by atoms with Crippen LogP contribution < -0.4 is 5.32 Å². The molecule has 1 rings (SSSR count). The van der Waals surface area contributed by atoms with E-state index in [9.17, 15) is 0 Å². The quantitative estimate of drug-likeness (QED) is 0.692. The number of nitrogens with one attached hydrogen (secondary N) is 1. The normalized spacial score (nSPS) is 23.7. The molecule has 0 aromatic rings. The van der Waals surface area contributed by atoms with E-state index in [1.807, 2.05) is 13.8 Å². The molecule has 0 spiro atoms. The first-order chi connectivity index (χ1) is 5.43. The van der Waals surface area contributed by atoms with Crippen molar-refractivity contribution in [2.75, 3.05) is 18.8 Å². The van der Waals surface area contributed by atoms with Crippen LogP contribution in [0.3, 0.4) is 0 Å². The summed E-state index contributed by atoms with van der Waals surface area (Å²) in [5, 5.41) is 4.31. The predicted octanol–water partition coefficient (Wildman–Crippen LogP) is 2.52. The van der Waals surface area contributed by atoms with Gasteiger partial charge in [-0.15, -0.1) is 0 Å². The second-order valence-corrected chi connectivity index (χ2v) is 3.89. The van der Waals surface area contributed by atoms with E-state index in [1.54, 1.807) is 0 Å². The Morgan fingerprint density at radius 2 is 2.18 bits per heavy atom. The zero-order valence-corrected chi connectivity index (χ0v) is 8.84. The zero-order chi connectivity index (χ0) is 8.53. The lowest BCUT2D eigenvalue weighted by molar-refractivity contribution is 0.631. The Hall–Kier alpha value is 0.310. The Labute approximate surface area is 75.3 Å². The number of hydrogen-bond donors (Lipinski definition) is 1. The Balaban J connectivity index is 0.000000461. The monoisotopic (exact) mass is 175 g/mol. The van der Waals surface area contributed by atoms with E-state index >= 15 is 0 Å². The zero-order valence-electron chi connectivity index (χ0n) is 8.02. The Morgan fingerprint density at radius 1 is 1.45 bits per heavy atom. The van der Waals surface area contributed by atoms with Crippen molar-refractivity contribution < 1.29 is 0 Å². The van der Waals surface area contributed by atoms with Crippen LogP contribution in [0.5, 0.6) is 0 Å². The Morgan fingerprint density at radius 3 is 2.64 bits per heavy atom. The molecule has 68 valence electrons. The molecule has 0 radical (unpaired) electrons. The minimum absolute atomic E-state index is 0.906. The standard InChI is InChI=1S/C7H15NS.C2H6/c1-2-3-7-6-8-4-5-9-7;1-2/h7-8H,2-6H2,1H3;1-2H3. The molecule has 2 heteroatoms. The summed E-state index contributed by atoms with van der Waals surface area (Å²) in [6.45, 7) is 8.71. The lowest BCUT2D eigenvalue weighted by Crippen LogP contribution is -2.32. The number of hydrogen-bond acceptors (Lipinski definition) is 2. The van der Waals surface area contributed by atoms with Crippen LogP contribution in [0.25, 0.3) is 0 Å². The van der Waals surface area contributed by atoms with Crippen LogP contribution in [-0.2, 0) is 0 Å². The summed E-state index contributed by atoms with van der Waals surface area (Å²) in [5.41, 5.74) is 0. The second-order valence-electron chi connectivity index (χ2n) is 2.49. The largest absolute Gasteiger partial charge is 0.315 e. The molecule has 1 nitrogen and oxygen atoms in total. The maximum absolute atomic E-state index is 3.40. The van der Waals surface area contributed by atoms with Gasteiger partial charge in [0.05, 0.1) is 0 Å². The summed E-state index contributed by atoms with van der Waals surface area (Å²) < 4.78 is 0. The van der Waals surface area contributed by atoms with Gasteiger partial charge in [0, 0.05) is 24.1 Å². The maximum Gasteiger partial charge on any atom is 0.0172 e. The minimum atomic E-state index is 0.906. The van der Waals surface area contributed by atoms with E-state index in [2.05, 4.69) is 24.0 Å². The van der Waals surface area contributed by atoms with E-state index in [1.165, 1.54) is 31.7 Å². The third-order valence-electron chi connectivity index (χ3n) is 1.62. The molecule has 0 amide bonds. The highest BCUT2D eigenvalue weighted by molar-refractivity contribution is 8.00. The Bertz CT molecular complexity index is 67.2. The maximum atomic E-state index is 3.40. The molecule has 1 unspecified atom stereocenters. The van der Waals surface area contributed by atoms with Crippen LogP contribution in [0, 0.1) is 0 Å². The van der Waals surface area contributed by atoms with Crippen LogP contribution in [0.1, 0.15) is 33.6 Å². The van der Waals surface area contributed by atoms with Gasteiger partial charge in [0.15, 0.2) is 0 Å². The predicted molar refractivity (Wildman–Crippen MR) is 55.4 cm³/mol. The molecule has 0 aromatic heterocycles. The van der Waals surface area contributed by atoms with E-state index in [0.717, 1.165) is 5.25 Å². The van der Waals surface area contributed by atoms with Gasteiger partial charge in [-0.05, 0) is 6.42 Å². The van der Waals surface area contributed by atoms with Crippen LogP contribution in [0.15, 0.2) is 0 Å². The van der Waals surface area contributed by atoms with Crippen molar-refractivity contribution in [3.05, 3.63) is 0 Å². The van der Waals surface area contributed by atoms with Gasteiger partial charge in [0.2, 0.25) is 0 Å². The molecule has 0 bridgehead atoms. The molecule has 0 aromatic carbocycles. The van der Waals surface area contributed by atoms with Crippen LogP contribution >= 0.6 is 11.8 Å². The molecule has 1 fully saturated rings. The van der Waals surface area contributed by atoms with Gasteiger partial charge in [-0.3, -0.25) is 0 Å². The molecule has 1 saturated heterocycles. The average Bonchev–Trinajstić information content (AvgIpc) is 2.11. The van der Waals surface area contributed by atoms with E-state index in [0.29, 0.717) is 0 Å². The van der Waals surface area contributed by atoms with Gasteiger partial charge in [-0.2, -0.15) is 11.8 Å². The minimum Gasteiger partial charge on any atom is -0.315 e. The fourth-order valence-corrected chi connectivity index (χ4v) is 2.36. The van der Waals surface area contributed by atoms with Crippen molar-refractivity contribution in [1.82, 2.24) is 5.32 Å². The molecule has 0 saturated carbocycles. The molecule has 1 aliphatic rings. The van der Waals surface area contributed by atoms with Crippen LogP contribution in [0.4, 0.5) is 0 Å². The van der Waals surface area contributed by atoms with Crippen LogP contribution in [-0.4, -0.2) is 24.1 Å². The van der Waals surface area contributed by atoms with Gasteiger partial charge in [0.25, 0.3) is 0 Å². The summed E-state index contributed by atoms with van der Waals surface area (Å²) >= 11 is 2.13. The topological polar surface area (TPSA) is 12.0 Å². The van der Waals surface area contributed by atoms with Crippen molar-refractivity contribution in [3.63, 3.8) is 0 Å². The summed E-state index contributed by atoms with van der Waals surface area (Å²) in [4.78, 5) is 0. The first kappa shape index (κ1) is 11.3. The highest BCUT2D eigenvalue weighted by Gasteiger charge is 2.10. The third-order valence-corrected chi connectivity index (χ3v) is 2.93. The SMILES string of the molecule is CC.CCCC1CNCCS1. The van der Waals surface area contributed by atoms with E-state index in [4.69, 9.17) is 0 Å². The first-order valence-corrected chi connectivity index (χ1v) is 5.80. The summed E-state index contributed by atoms with van der Waals surface area (Å²) in [7, 11) is 0. The molecule has 11 heavy (non-hydrogen) atoms. The average molecular weight is 175 g/mol. The van der Waals surface area contributed by atoms with E-state index < -0.39 is 0 Å². The first-order valence-electron chi connectivity index (χ1n) is 4.76. The number of rotatable bonds is 2. The fourth-order valence-electron chi connectivity index (χ4n) is 1.13. The lowest BCUT2D eigenvalue weighted by Gasteiger charge is -2.21. The van der Waals surface area contributed by atoms with Crippen LogP contribution in [0.2, 0.25) is 0 Å². The van der Waals surface area contributed by atoms with Crippen molar-refractivity contribution in [3.8, 4) is 0 Å². The third kappa shape index (κ3) is 5.57. The smallest absolute Gasteiger partial charge is 0.0172 e. The van der Waals surface area contributed by atoms with E-state index in [-0.39, 0.29) is 0 Å². The molecular weight excluding hydrogens is 154 g/mol. The molecular formula is C9H21NS. The van der Waals surface area contributed by atoms with Crippen molar-refractivity contribution in [2.24, 2.45) is 0 Å². The van der Waals surface area contributed by atoms with Gasteiger partial charge in [0.1, 0.15) is 0 Å². The van der Waals surface area contributed by atoms with Gasteiger partial charge < -0.3 is 5.32 Å². The van der Waals surface area contributed by atoms with Gasteiger partial charge in [-0.25, -0.2) is 0 Å². The second kappa shape index (κ2) is 8.41.